The first kappa shape index (κ1) is 13.1. The van der Waals surface area contributed by atoms with E-state index in [0.717, 1.165) is 12.8 Å². The summed E-state index contributed by atoms with van der Waals surface area (Å²) < 4.78 is 0. The van der Waals surface area contributed by atoms with Crippen LogP contribution in [0, 0.1) is 0 Å². The largest absolute Gasteiger partial charge is 0.478 e. The first-order valence-electron chi connectivity index (χ1n) is 5.98. The maximum absolute atomic E-state index is 11.8. The van der Waals surface area contributed by atoms with Crippen LogP contribution in [0.3, 0.4) is 0 Å². The van der Waals surface area contributed by atoms with Crippen molar-refractivity contribution in [2.45, 2.75) is 18.9 Å². The molecule has 0 radical (unpaired) electrons. The van der Waals surface area contributed by atoms with E-state index in [4.69, 9.17) is 5.11 Å². The number of rotatable bonds is 5. The molecule has 2 amide bonds. The van der Waals surface area contributed by atoms with Crippen LogP contribution < -0.4 is 10.6 Å². The summed E-state index contributed by atoms with van der Waals surface area (Å²) in [7, 11) is 0. The van der Waals surface area contributed by atoms with Crippen molar-refractivity contribution in [3.63, 3.8) is 0 Å². The number of carbonyl (C=O) groups is 3. The van der Waals surface area contributed by atoms with Crippen LogP contribution >= 0.6 is 0 Å². The molecule has 1 saturated carbocycles. The maximum atomic E-state index is 11.8. The van der Waals surface area contributed by atoms with E-state index in [2.05, 4.69) is 10.6 Å². The Morgan fingerprint density at radius 1 is 1.16 bits per heavy atom. The summed E-state index contributed by atoms with van der Waals surface area (Å²) in [6, 6.07) is 6.11. The zero-order valence-corrected chi connectivity index (χ0v) is 10.2. The number of nitrogens with one attached hydrogen (secondary N) is 2. The molecule has 1 aromatic rings. The molecule has 2 rings (SSSR count). The van der Waals surface area contributed by atoms with Crippen LogP contribution in [0.1, 0.15) is 33.6 Å². The van der Waals surface area contributed by atoms with Crippen LogP contribution in [-0.2, 0) is 4.79 Å². The number of hydrogen-bond acceptors (Lipinski definition) is 3. The Balaban J connectivity index is 1.95. The highest BCUT2D eigenvalue weighted by atomic mass is 16.4. The van der Waals surface area contributed by atoms with Crippen molar-refractivity contribution in [2.75, 3.05) is 6.54 Å². The average Bonchev–Trinajstić information content (AvgIpc) is 3.19. The number of carboxylic acids is 1. The number of benzene rings is 1. The fourth-order valence-corrected chi connectivity index (χ4v) is 1.63. The van der Waals surface area contributed by atoms with E-state index in [-0.39, 0.29) is 29.6 Å². The smallest absolute Gasteiger partial charge is 0.336 e. The van der Waals surface area contributed by atoms with Gasteiger partial charge in [0.25, 0.3) is 5.91 Å². The van der Waals surface area contributed by atoms with Gasteiger partial charge in [-0.05, 0) is 25.0 Å². The number of carboxylic acid groups (broad SMARTS) is 1. The maximum Gasteiger partial charge on any atom is 0.336 e. The molecular formula is C13H14N2O4. The van der Waals surface area contributed by atoms with E-state index in [1.807, 2.05) is 0 Å². The summed E-state index contributed by atoms with van der Waals surface area (Å²) >= 11 is 0. The second-order valence-electron chi connectivity index (χ2n) is 4.38. The van der Waals surface area contributed by atoms with E-state index in [0.29, 0.717) is 0 Å². The lowest BCUT2D eigenvalue weighted by Gasteiger charge is -2.07. The molecule has 0 spiro atoms. The Morgan fingerprint density at radius 3 is 2.37 bits per heavy atom. The Bertz CT molecular complexity index is 523. The van der Waals surface area contributed by atoms with Crippen LogP contribution in [0.25, 0.3) is 0 Å². The van der Waals surface area contributed by atoms with Gasteiger partial charge < -0.3 is 15.7 Å². The monoisotopic (exact) mass is 262 g/mol. The molecule has 0 atom stereocenters. The van der Waals surface area contributed by atoms with Crippen molar-refractivity contribution in [3.05, 3.63) is 35.4 Å². The molecule has 19 heavy (non-hydrogen) atoms. The minimum atomic E-state index is -1.17. The van der Waals surface area contributed by atoms with E-state index >= 15 is 0 Å². The van der Waals surface area contributed by atoms with Crippen molar-refractivity contribution in [1.82, 2.24) is 10.6 Å². The molecule has 0 bridgehead atoms. The summed E-state index contributed by atoms with van der Waals surface area (Å²) in [6.07, 6.45) is 1.95. The molecule has 6 heteroatoms. The number of amides is 2. The van der Waals surface area contributed by atoms with Gasteiger partial charge in [0.05, 0.1) is 17.7 Å². The molecular weight excluding hydrogens is 248 g/mol. The summed E-state index contributed by atoms with van der Waals surface area (Å²) in [5.41, 5.74) is -0.0307. The minimum Gasteiger partial charge on any atom is -0.478 e. The van der Waals surface area contributed by atoms with E-state index in [1.54, 1.807) is 12.1 Å². The molecule has 0 aliphatic heterocycles. The Hall–Kier alpha value is -2.37. The molecule has 1 aromatic carbocycles. The quantitative estimate of drug-likeness (QED) is 0.715. The molecule has 3 N–H and O–H groups in total. The van der Waals surface area contributed by atoms with Gasteiger partial charge in [0.2, 0.25) is 5.91 Å². The lowest BCUT2D eigenvalue weighted by Crippen LogP contribution is -2.38. The molecule has 0 aromatic heterocycles. The highest BCUT2D eigenvalue weighted by Crippen LogP contribution is 2.18. The summed E-state index contributed by atoms with van der Waals surface area (Å²) in [5, 5.41) is 14.1. The lowest BCUT2D eigenvalue weighted by atomic mass is 10.1. The van der Waals surface area contributed by atoms with Gasteiger partial charge in [-0.25, -0.2) is 4.79 Å². The van der Waals surface area contributed by atoms with E-state index < -0.39 is 11.9 Å². The second-order valence-corrected chi connectivity index (χ2v) is 4.38. The number of aromatic carboxylic acids is 1. The zero-order valence-electron chi connectivity index (χ0n) is 10.2. The molecule has 6 nitrogen and oxygen atoms in total. The fourth-order valence-electron chi connectivity index (χ4n) is 1.63. The standard InChI is InChI=1S/C13H14N2O4/c16-11(15-8-5-6-8)7-14-12(17)9-3-1-2-4-10(9)13(18)19/h1-4,8H,5-7H2,(H,14,17)(H,15,16)(H,18,19). The zero-order chi connectivity index (χ0) is 13.8. The molecule has 1 aliphatic rings. The first-order valence-corrected chi connectivity index (χ1v) is 5.98. The van der Waals surface area contributed by atoms with Crippen LogP contribution in [0.5, 0.6) is 0 Å². The van der Waals surface area contributed by atoms with Crippen molar-refractivity contribution in [1.29, 1.82) is 0 Å². The van der Waals surface area contributed by atoms with Gasteiger partial charge in [0.15, 0.2) is 0 Å². The first-order chi connectivity index (χ1) is 9.08. The summed E-state index contributed by atoms with van der Waals surface area (Å²) in [5.74, 6) is -2.00. The topological polar surface area (TPSA) is 95.5 Å². The predicted octanol–water partition coefficient (Wildman–Crippen LogP) is 0.393. The van der Waals surface area contributed by atoms with Gasteiger partial charge in [0.1, 0.15) is 0 Å². The second kappa shape index (κ2) is 5.51. The molecule has 1 aliphatic carbocycles. The van der Waals surface area contributed by atoms with Crippen LogP contribution in [0.15, 0.2) is 24.3 Å². The van der Waals surface area contributed by atoms with Crippen LogP contribution in [0.4, 0.5) is 0 Å². The van der Waals surface area contributed by atoms with E-state index in [1.165, 1.54) is 12.1 Å². The minimum absolute atomic E-state index is 0.0502. The molecule has 0 unspecified atom stereocenters. The number of hydrogen-bond donors (Lipinski definition) is 3. The lowest BCUT2D eigenvalue weighted by molar-refractivity contribution is -0.120. The molecule has 1 fully saturated rings. The van der Waals surface area contributed by atoms with Crippen molar-refractivity contribution in [3.8, 4) is 0 Å². The summed E-state index contributed by atoms with van der Waals surface area (Å²) in [6.45, 7) is -0.150. The predicted molar refractivity (Wildman–Crippen MR) is 66.9 cm³/mol. The van der Waals surface area contributed by atoms with Gasteiger partial charge in [-0.1, -0.05) is 12.1 Å². The third-order valence-electron chi connectivity index (χ3n) is 2.75. The Labute approximate surface area is 109 Å². The van der Waals surface area contributed by atoms with Gasteiger partial charge in [-0.2, -0.15) is 0 Å². The average molecular weight is 262 g/mol. The number of carbonyl (C=O) groups excluding carboxylic acids is 2. The normalized spacial score (nSPS) is 13.7. The summed E-state index contributed by atoms with van der Waals surface area (Å²) in [4.78, 5) is 34.2. The van der Waals surface area contributed by atoms with E-state index in [9.17, 15) is 14.4 Å². The molecule has 100 valence electrons. The van der Waals surface area contributed by atoms with Crippen molar-refractivity contribution in [2.24, 2.45) is 0 Å². The van der Waals surface area contributed by atoms with Gasteiger partial charge in [-0.3, -0.25) is 9.59 Å². The highest BCUT2D eigenvalue weighted by Gasteiger charge is 2.23. The Morgan fingerprint density at radius 2 is 1.79 bits per heavy atom. The van der Waals surface area contributed by atoms with Gasteiger partial charge >= 0.3 is 5.97 Å². The Kier molecular flexibility index (Phi) is 3.79. The van der Waals surface area contributed by atoms with Gasteiger partial charge in [-0.15, -0.1) is 0 Å². The molecule has 0 saturated heterocycles. The third-order valence-corrected chi connectivity index (χ3v) is 2.75. The highest BCUT2D eigenvalue weighted by molar-refractivity contribution is 6.05. The SMILES string of the molecule is O=C(CNC(=O)c1ccccc1C(=O)O)NC1CC1. The van der Waals surface area contributed by atoms with Crippen LogP contribution in [0.2, 0.25) is 0 Å². The van der Waals surface area contributed by atoms with Crippen molar-refractivity contribution < 1.29 is 19.5 Å². The third kappa shape index (κ3) is 3.54. The molecule has 0 heterocycles. The van der Waals surface area contributed by atoms with Gasteiger partial charge in [0, 0.05) is 6.04 Å². The fraction of sp³-hybridized carbons (Fsp3) is 0.308. The van der Waals surface area contributed by atoms with Crippen LogP contribution in [-0.4, -0.2) is 35.5 Å². The van der Waals surface area contributed by atoms with Crippen molar-refractivity contribution >= 4 is 17.8 Å².